The molecule has 0 saturated heterocycles. The molecule has 0 spiro atoms. The molecular weight excluding hydrogens is 246 g/mol. The lowest BCUT2D eigenvalue weighted by molar-refractivity contribution is 0.313. The average Bonchev–Trinajstić information content (AvgIpc) is 2.45. The molecule has 0 saturated carbocycles. The van der Waals surface area contributed by atoms with Crippen LogP contribution in [-0.4, -0.2) is 19.7 Å². The van der Waals surface area contributed by atoms with E-state index in [0.29, 0.717) is 5.92 Å². The Morgan fingerprint density at radius 3 is 2.35 bits per heavy atom. The Labute approximate surface area is 124 Å². The van der Waals surface area contributed by atoms with Crippen LogP contribution < -0.4 is 10.1 Å². The number of ether oxygens (including phenoxy) is 1. The van der Waals surface area contributed by atoms with Gasteiger partial charge in [0.25, 0.3) is 0 Å². The maximum Gasteiger partial charge on any atom is 0.119 e. The monoisotopic (exact) mass is 277 g/mol. The van der Waals surface area contributed by atoms with Crippen molar-refractivity contribution < 1.29 is 4.74 Å². The van der Waals surface area contributed by atoms with E-state index in [1.165, 1.54) is 24.8 Å². The lowest BCUT2D eigenvalue weighted by Gasteiger charge is -2.11. The molecule has 0 aromatic heterocycles. The van der Waals surface area contributed by atoms with Crippen molar-refractivity contribution in [3.05, 3.63) is 29.8 Å². The SMILES string of the molecule is CCC(C)c1ccc(OCCNCCCC(C)C)cc1. The number of hydrogen-bond acceptors (Lipinski definition) is 2. The van der Waals surface area contributed by atoms with E-state index < -0.39 is 0 Å². The van der Waals surface area contributed by atoms with Gasteiger partial charge in [-0.3, -0.25) is 0 Å². The molecule has 0 bridgehead atoms. The molecule has 0 aliphatic rings. The van der Waals surface area contributed by atoms with Gasteiger partial charge >= 0.3 is 0 Å². The molecule has 0 aliphatic carbocycles. The summed E-state index contributed by atoms with van der Waals surface area (Å²) in [4.78, 5) is 0. The first kappa shape index (κ1) is 17.0. The molecule has 1 atom stereocenters. The van der Waals surface area contributed by atoms with E-state index in [0.717, 1.165) is 31.4 Å². The minimum atomic E-state index is 0.631. The van der Waals surface area contributed by atoms with Gasteiger partial charge in [0.05, 0.1) is 0 Å². The highest BCUT2D eigenvalue weighted by atomic mass is 16.5. The standard InChI is InChI=1S/C18H31NO/c1-5-16(4)17-8-10-18(11-9-17)20-14-13-19-12-6-7-15(2)3/h8-11,15-16,19H,5-7,12-14H2,1-4H3. The largest absolute Gasteiger partial charge is 0.492 e. The van der Waals surface area contributed by atoms with Gasteiger partial charge in [-0.2, -0.15) is 0 Å². The van der Waals surface area contributed by atoms with Crippen LogP contribution in [0.25, 0.3) is 0 Å². The van der Waals surface area contributed by atoms with Crippen molar-refractivity contribution in [1.29, 1.82) is 0 Å². The predicted octanol–water partition coefficient (Wildman–Crippen LogP) is 4.60. The molecule has 114 valence electrons. The zero-order valence-electron chi connectivity index (χ0n) is 13.6. The average molecular weight is 277 g/mol. The summed E-state index contributed by atoms with van der Waals surface area (Å²) in [6.07, 6.45) is 3.73. The maximum atomic E-state index is 5.74. The number of nitrogens with one attached hydrogen (secondary N) is 1. The van der Waals surface area contributed by atoms with Crippen LogP contribution in [0.15, 0.2) is 24.3 Å². The molecule has 20 heavy (non-hydrogen) atoms. The molecule has 2 heteroatoms. The summed E-state index contributed by atoms with van der Waals surface area (Å²) in [6, 6.07) is 8.53. The summed E-state index contributed by atoms with van der Waals surface area (Å²) in [5, 5.41) is 3.42. The van der Waals surface area contributed by atoms with Crippen molar-refractivity contribution in [1.82, 2.24) is 5.32 Å². The van der Waals surface area contributed by atoms with Crippen molar-refractivity contribution in [2.24, 2.45) is 5.92 Å². The fourth-order valence-electron chi connectivity index (χ4n) is 2.13. The summed E-state index contributed by atoms with van der Waals surface area (Å²) in [6.45, 7) is 11.8. The van der Waals surface area contributed by atoms with Gasteiger partial charge in [-0.25, -0.2) is 0 Å². The van der Waals surface area contributed by atoms with Gasteiger partial charge in [-0.15, -0.1) is 0 Å². The van der Waals surface area contributed by atoms with Gasteiger partial charge < -0.3 is 10.1 Å². The summed E-state index contributed by atoms with van der Waals surface area (Å²) < 4.78 is 5.74. The van der Waals surface area contributed by atoms with Gasteiger partial charge in [-0.05, 0) is 55.3 Å². The second-order valence-corrected chi connectivity index (χ2v) is 6.01. The van der Waals surface area contributed by atoms with Crippen molar-refractivity contribution in [3.63, 3.8) is 0 Å². The summed E-state index contributed by atoms with van der Waals surface area (Å²) in [5.74, 6) is 2.41. The van der Waals surface area contributed by atoms with E-state index in [2.05, 4.69) is 57.3 Å². The molecule has 0 radical (unpaired) electrons. The van der Waals surface area contributed by atoms with Crippen molar-refractivity contribution in [2.45, 2.75) is 52.9 Å². The molecule has 1 aromatic rings. The minimum Gasteiger partial charge on any atom is -0.492 e. The second-order valence-electron chi connectivity index (χ2n) is 6.01. The highest BCUT2D eigenvalue weighted by molar-refractivity contribution is 5.29. The number of rotatable bonds is 10. The fraction of sp³-hybridized carbons (Fsp3) is 0.667. The van der Waals surface area contributed by atoms with Gasteiger partial charge in [0, 0.05) is 6.54 Å². The van der Waals surface area contributed by atoms with Crippen LogP contribution in [0, 0.1) is 5.92 Å². The minimum absolute atomic E-state index is 0.631. The van der Waals surface area contributed by atoms with Crippen LogP contribution in [0.4, 0.5) is 0 Å². The van der Waals surface area contributed by atoms with Crippen LogP contribution in [0.5, 0.6) is 5.75 Å². The summed E-state index contributed by atoms with van der Waals surface area (Å²) in [5.41, 5.74) is 1.40. The van der Waals surface area contributed by atoms with Crippen molar-refractivity contribution in [3.8, 4) is 5.75 Å². The first-order chi connectivity index (χ1) is 9.63. The van der Waals surface area contributed by atoms with Gasteiger partial charge in [-0.1, -0.05) is 39.8 Å². The Hall–Kier alpha value is -1.02. The molecule has 0 amide bonds. The lowest BCUT2D eigenvalue weighted by atomic mass is 9.99. The Bertz CT molecular complexity index is 345. The zero-order chi connectivity index (χ0) is 14.8. The third-order valence-electron chi connectivity index (χ3n) is 3.74. The molecule has 1 N–H and O–H groups in total. The van der Waals surface area contributed by atoms with Crippen molar-refractivity contribution >= 4 is 0 Å². The summed E-state index contributed by atoms with van der Waals surface area (Å²) >= 11 is 0. The highest BCUT2D eigenvalue weighted by Gasteiger charge is 2.02. The van der Waals surface area contributed by atoms with Crippen LogP contribution >= 0.6 is 0 Å². The Balaban J connectivity index is 2.13. The van der Waals surface area contributed by atoms with E-state index in [9.17, 15) is 0 Å². The maximum absolute atomic E-state index is 5.74. The Kier molecular flexibility index (Phi) is 8.36. The van der Waals surface area contributed by atoms with Gasteiger partial charge in [0.15, 0.2) is 0 Å². The van der Waals surface area contributed by atoms with E-state index in [1.807, 2.05) is 0 Å². The molecule has 1 aromatic carbocycles. The quantitative estimate of drug-likeness (QED) is 0.631. The lowest BCUT2D eigenvalue weighted by Crippen LogP contribution is -2.22. The van der Waals surface area contributed by atoms with E-state index >= 15 is 0 Å². The molecule has 0 fully saturated rings. The highest BCUT2D eigenvalue weighted by Crippen LogP contribution is 2.21. The molecule has 1 rings (SSSR count). The van der Waals surface area contributed by atoms with E-state index in [-0.39, 0.29) is 0 Å². The normalized spacial score (nSPS) is 12.7. The van der Waals surface area contributed by atoms with E-state index in [1.54, 1.807) is 0 Å². The molecule has 0 aliphatic heterocycles. The number of benzene rings is 1. The zero-order valence-corrected chi connectivity index (χ0v) is 13.6. The van der Waals surface area contributed by atoms with Gasteiger partial charge in [0.1, 0.15) is 12.4 Å². The van der Waals surface area contributed by atoms with Gasteiger partial charge in [0.2, 0.25) is 0 Å². The first-order valence-electron chi connectivity index (χ1n) is 8.07. The topological polar surface area (TPSA) is 21.3 Å². The van der Waals surface area contributed by atoms with Crippen LogP contribution in [0.3, 0.4) is 0 Å². The third kappa shape index (κ3) is 6.95. The molecule has 0 heterocycles. The van der Waals surface area contributed by atoms with Crippen LogP contribution in [0.2, 0.25) is 0 Å². The number of hydrogen-bond donors (Lipinski definition) is 1. The van der Waals surface area contributed by atoms with E-state index in [4.69, 9.17) is 4.74 Å². The van der Waals surface area contributed by atoms with Crippen LogP contribution in [-0.2, 0) is 0 Å². The molecule has 2 nitrogen and oxygen atoms in total. The summed E-state index contributed by atoms with van der Waals surface area (Å²) in [7, 11) is 0. The van der Waals surface area contributed by atoms with Crippen molar-refractivity contribution in [2.75, 3.05) is 19.7 Å². The smallest absolute Gasteiger partial charge is 0.119 e. The van der Waals surface area contributed by atoms with Crippen LogP contribution in [0.1, 0.15) is 58.4 Å². The fourth-order valence-corrected chi connectivity index (χ4v) is 2.13. The Morgan fingerprint density at radius 1 is 1.05 bits per heavy atom. The molecular formula is C18H31NO. The predicted molar refractivity (Wildman–Crippen MR) is 87.6 cm³/mol. The third-order valence-corrected chi connectivity index (χ3v) is 3.74. The Morgan fingerprint density at radius 2 is 1.75 bits per heavy atom. The first-order valence-corrected chi connectivity index (χ1v) is 8.07. The second kappa shape index (κ2) is 9.82. The molecule has 1 unspecified atom stereocenters.